The topological polar surface area (TPSA) is 52.6 Å². The molecule has 20 heavy (non-hydrogen) atoms. The van der Waals surface area contributed by atoms with Crippen molar-refractivity contribution in [3.8, 4) is 0 Å². The highest BCUT2D eigenvalue weighted by Gasteiger charge is 2.30. The first-order chi connectivity index (χ1) is 9.49. The maximum Gasteiger partial charge on any atom is 0.241 e. The van der Waals surface area contributed by atoms with Crippen molar-refractivity contribution in [2.75, 3.05) is 18.4 Å². The number of hydrogen-bond acceptors (Lipinski definition) is 3. The van der Waals surface area contributed by atoms with Crippen LogP contribution in [0, 0.1) is 5.92 Å². The van der Waals surface area contributed by atoms with Gasteiger partial charge in [0, 0.05) is 11.0 Å². The molecule has 1 fully saturated rings. The third kappa shape index (κ3) is 3.59. The van der Waals surface area contributed by atoms with Crippen LogP contribution in [0.2, 0.25) is 0 Å². The lowest BCUT2D eigenvalue weighted by molar-refractivity contribution is -0.122. The lowest BCUT2D eigenvalue weighted by Crippen LogP contribution is -2.50. The summed E-state index contributed by atoms with van der Waals surface area (Å²) < 4.78 is 0.868. The van der Waals surface area contributed by atoms with Crippen molar-refractivity contribution < 1.29 is 9.90 Å². The van der Waals surface area contributed by atoms with Gasteiger partial charge in [0.2, 0.25) is 5.91 Å². The van der Waals surface area contributed by atoms with Gasteiger partial charge in [-0.15, -0.1) is 0 Å². The van der Waals surface area contributed by atoms with Crippen LogP contribution in [0.1, 0.15) is 20.3 Å². The summed E-state index contributed by atoms with van der Waals surface area (Å²) in [5.74, 6) is 0.267. The molecule has 5 heteroatoms. The largest absolute Gasteiger partial charge is 0.392 e. The quantitative estimate of drug-likeness (QED) is 0.888. The lowest BCUT2D eigenvalue weighted by Gasteiger charge is -2.37. The molecular formula is C15H21BrN2O2. The summed E-state index contributed by atoms with van der Waals surface area (Å²) in [4.78, 5) is 14.3. The molecule has 2 N–H and O–H groups in total. The molecule has 1 aliphatic heterocycles. The Labute approximate surface area is 128 Å². The van der Waals surface area contributed by atoms with Gasteiger partial charge >= 0.3 is 0 Å². The van der Waals surface area contributed by atoms with E-state index < -0.39 is 0 Å². The number of halogens is 1. The number of β-amino-alcohol motifs (C(OH)–C–C–N with tert-alkyl or cyclic N) is 1. The minimum absolute atomic E-state index is 0.0429. The Hall–Kier alpha value is -0.910. The second-order valence-corrected chi connectivity index (χ2v) is 6.33. The first-order valence-electron chi connectivity index (χ1n) is 6.96. The summed E-state index contributed by atoms with van der Waals surface area (Å²) in [6, 6.07) is 7.31. The van der Waals surface area contributed by atoms with Crippen molar-refractivity contribution in [3.63, 3.8) is 0 Å². The van der Waals surface area contributed by atoms with Gasteiger partial charge in [-0.25, -0.2) is 0 Å². The molecule has 0 radical (unpaired) electrons. The Morgan fingerprint density at radius 2 is 2.20 bits per heavy atom. The van der Waals surface area contributed by atoms with Crippen LogP contribution in [0.3, 0.4) is 0 Å². The van der Waals surface area contributed by atoms with Crippen LogP contribution in [-0.4, -0.2) is 41.1 Å². The Balaban J connectivity index is 1.97. The van der Waals surface area contributed by atoms with E-state index in [9.17, 15) is 9.90 Å². The fraction of sp³-hybridized carbons (Fsp3) is 0.533. The molecule has 2 rings (SSSR count). The zero-order chi connectivity index (χ0) is 14.7. The number of rotatable bonds is 3. The van der Waals surface area contributed by atoms with Crippen LogP contribution in [-0.2, 0) is 4.79 Å². The molecule has 0 bridgehead atoms. The first-order valence-corrected chi connectivity index (χ1v) is 7.76. The minimum Gasteiger partial charge on any atom is -0.392 e. The molecule has 0 aromatic heterocycles. The van der Waals surface area contributed by atoms with Crippen LogP contribution < -0.4 is 5.32 Å². The number of aliphatic hydroxyl groups is 1. The predicted octanol–water partition coefficient (Wildman–Crippen LogP) is 2.48. The van der Waals surface area contributed by atoms with Gasteiger partial charge in [-0.2, -0.15) is 0 Å². The van der Waals surface area contributed by atoms with Gasteiger partial charge in [0.15, 0.2) is 0 Å². The zero-order valence-corrected chi connectivity index (χ0v) is 13.4. The van der Waals surface area contributed by atoms with E-state index in [-0.39, 0.29) is 18.1 Å². The van der Waals surface area contributed by atoms with Crippen LogP contribution in [0.15, 0.2) is 28.7 Å². The van der Waals surface area contributed by atoms with E-state index in [4.69, 9.17) is 0 Å². The lowest BCUT2D eigenvalue weighted by atomic mass is 9.95. The Bertz CT molecular complexity index is 481. The fourth-order valence-electron chi connectivity index (χ4n) is 2.39. The standard InChI is InChI=1S/C15H21BrN2O2/c1-10-7-8-18(9-14(10)19)11(2)15(20)17-13-6-4-3-5-12(13)16/h3-6,10-11,14,19H,7-9H2,1-2H3,(H,17,20). The number of para-hydroxylation sites is 1. The number of carbonyl (C=O) groups is 1. The molecule has 1 aromatic rings. The molecule has 0 aliphatic carbocycles. The number of amides is 1. The fourth-order valence-corrected chi connectivity index (χ4v) is 2.77. The number of benzene rings is 1. The van der Waals surface area contributed by atoms with Gasteiger partial charge in [-0.1, -0.05) is 19.1 Å². The number of piperidine rings is 1. The Kier molecular flexibility index (Phi) is 5.18. The van der Waals surface area contributed by atoms with Gasteiger partial charge in [-0.3, -0.25) is 9.69 Å². The van der Waals surface area contributed by atoms with E-state index in [0.29, 0.717) is 12.5 Å². The van der Waals surface area contributed by atoms with Gasteiger partial charge < -0.3 is 10.4 Å². The number of likely N-dealkylation sites (tertiary alicyclic amines) is 1. The molecule has 1 heterocycles. The summed E-state index contributed by atoms with van der Waals surface area (Å²) in [6.45, 7) is 5.34. The van der Waals surface area contributed by atoms with Gasteiger partial charge in [0.25, 0.3) is 0 Å². The molecule has 1 amide bonds. The number of hydrogen-bond donors (Lipinski definition) is 2. The van der Waals surface area contributed by atoms with E-state index in [1.807, 2.05) is 43.0 Å². The van der Waals surface area contributed by atoms with Crippen LogP contribution >= 0.6 is 15.9 Å². The van der Waals surface area contributed by atoms with Gasteiger partial charge in [-0.05, 0) is 53.9 Å². The van der Waals surface area contributed by atoms with Crippen molar-refractivity contribution in [2.24, 2.45) is 5.92 Å². The number of aliphatic hydroxyl groups excluding tert-OH is 1. The maximum atomic E-state index is 12.3. The first kappa shape index (κ1) is 15.5. The van der Waals surface area contributed by atoms with E-state index >= 15 is 0 Å². The highest BCUT2D eigenvalue weighted by molar-refractivity contribution is 9.10. The molecule has 0 spiro atoms. The normalized spacial score (nSPS) is 25.2. The summed E-state index contributed by atoms with van der Waals surface area (Å²) >= 11 is 3.42. The summed E-state index contributed by atoms with van der Waals surface area (Å²) in [5, 5.41) is 12.9. The van der Waals surface area contributed by atoms with E-state index in [0.717, 1.165) is 23.1 Å². The van der Waals surface area contributed by atoms with Crippen molar-refractivity contribution in [1.29, 1.82) is 0 Å². The van der Waals surface area contributed by atoms with E-state index in [1.54, 1.807) is 0 Å². The highest BCUT2D eigenvalue weighted by atomic mass is 79.9. The number of nitrogens with zero attached hydrogens (tertiary/aromatic N) is 1. The molecule has 3 atom stereocenters. The monoisotopic (exact) mass is 340 g/mol. The molecule has 4 nitrogen and oxygen atoms in total. The van der Waals surface area contributed by atoms with Gasteiger partial charge in [0.05, 0.1) is 17.8 Å². The van der Waals surface area contributed by atoms with E-state index in [2.05, 4.69) is 21.2 Å². The van der Waals surface area contributed by atoms with Gasteiger partial charge in [0.1, 0.15) is 0 Å². The minimum atomic E-state index is -0.345. The molecule has 3 unspecified atom stereocenters. The second-order valence-electron chi connectivity index (χ2n) is 5.47. The van der Waals surface area contributed by atoms with Crippen LogP contribution in [0.4, 0.5) is 5.69 Å². The summed E-state index contributed by atoms with van der Waals surface area (Å²) in [6.07, 6.45) is 0.579. The molecule has 1 aromatic carbocycles. The molecule has 1 aliphatic rings. The molecular weight excluding hydrogens is 320 g/mol. The van der Waals surface area contributed by atoms with Crippen molar-refractivity contribution in [3.05, 3.63) is 28.7 Å². The summed E-state index contributed by atoms with van der Waals surface area (Å²) in [5.41, 5.74) is 0.773. The maximum absolute atomic E-state index is 12.3. The molecule has 1 saturated heterocycles. The third-order valence-electron chi connectivity index (χ3n) is 4.01. The number of nitrogens with one attached hydrogen (secondary N) is 1. The van der Waals surface area contributed by atoms with Crippen LogP contribution in [0.5, 0.6) is 0 Å². The average molecular weight is 341 g/mol. The molecule has 110 valence electrons. The second kappa shape index (κ2) is 6.70. The summed E-state index contributed by atoms with van der Waals surface area (Å²) in [7, 11) is 0. The SMILES string of the molecule is CC1CCN(C(C)C(=O)Nc2ccccc2Br)CC1O. The number of carbonyl (C=O) groups excluding carboxylic acids is 1. The third-order valence-corrected chi connectivity index (χ3v) is 4.70. The van der Waals surface area contributed by atoms with Crippen LogP contribution in [0.25, 0.3) is 0 Å². The Morgan fingerprint density at radius 3 is 2.85 bits per heavy atom. The Morgan fingerprint density at radius 1 is 1.50 bits per heavy atom. The van der Waals surface area contributed by atoms with E-state index in [1.165, 1.54) is 0 Å². The van der Waals surface area contributed by atoms with Crippen molar-refractivity contribution in [1.82, 2.24) is 4.90 Å². The van der Waals surface area contributed by atoms with Crippen molar-refractivity contribution in [2.45, 2.75) is 32.4 Å². The number of anilines is 1. The van der Waals surface area contributed by atoms with Crippen molar-refractivity contribution >= 4 is 27.5 Å². The predicted molar refractivity (Wildman–Crippen MR) is 83.6 cm³/mol. The molecule has 0 saturated carbocycles. The average Bonchev–Trinajstić information content (AvgIpc) is 2.43. The highest BCUT2D eigenvalue weighted by Crippen LogP contribution is 2.23. The smallest absolute Gasteiger partial charge is 0.241 e. The zero-order valence-electron chi connectivity index (χ0n) is 11.8.